The van der Waals surface area contributed by atoms with E-state index >= 15 is 0 Å². The average molecular weight is 288 g/mol. The fourth-order valence-electron chi connectivity index (χ4n) is 2.53. The van der Waals surface area contributed by atoms with Crippen LogP contribution in [0, 0.1) is 5.41 Å². The van der Waals surface area contributed by atoms with Crippen LogP contribution in [0.3, 0.4) is 0 Å². The Morgan fingerprint density at radius 1 is 1.45 bits per heavy atom. The van der Waals surface area contributed by atoms with Crippen LogP contribution in [0.2, 0.25) is 0 Å². The molecule has 2 atom stereocenters. The average Bonchev–Trinajstić information content (AvgIpc) is 2.77. The van der Waals surface area contributed by atoms with Crippen LogP contribution in [-0.2, 0) is 9.53 Å². The highest BCUT2D eigenvalue weighted by molar-refractivity contribution is 5.79. The van der Waals surface area contributed by atoms with Crippen LogP contribution < -0.4 is 5.32 Å². The largest absolute Gasteiger partial charge is 0.481 e. The van der Waals surface area contributed by atoms with Crippen molar-refractivity contribution in [1.29, 1.82) is 0 Å². The number of carbonyl (C=O) groups is 2. The van der Waals surface area contributed by atoms with E-state index in [1.54, 1.807) is 6.92 Å². The molecule has 1 aliphatic carbocycles. The number of hydrogen-bond acceptors (Lipinski definition) is 4. The van der Waals surface area contributed by atoms with Crippen molar-refractivity contribution in [2.24, 2.45) is 5.41 Å². The molecule has 1 saturated carbocycles. The number of nitrogens with zero attached hydrogens (tertiary/aromatic N) is 1. The Kier molecular flexibility index (Phi) is 6.22. The number of rotatable bonds is 7. The molecule has 3 N–H and O–H groups in total. The van der Waals surface area contributed by atoms with Crippen LogP contribution in [0.1, 0.15) is 26.2 Å². The molecule has 0 aromatic heterocycles. The zero-order chi connectivity index (χ0) is 15.2. The molecule has 2 unspecified atom stereocenters. The Labute approximate surface area is 118 Å². The lowest BCUT2D eigenvalue weighted by Crippen LogP contribution is -2.52. The lowest BCUT2D eigenvalue weighted by atomic mass is 9.85. The molecule has 0 aromatic carbocycles. The summed E-state index contributed by atoms with van der Waals surface area (Å²) in [6.45, 7) is 2.45. The molecule has 0 spiro atoms. The Hall–Kier alpha value is -1.34. The summed E-state index contributed by atoms with van der Waals surface area (Å²) in [4.78, 5) is 25.0. The number of hydrogen-bond donors (Lipinski definition) is 3. The summed E-state index contributed by atoms with van der Waals surface area (Å²) in [7, 11) is 1.54. The summed E-state index contributed by atoms with van der Waals surface area (Å²) in [5, 5.41) is 21.1. The molecule has 0 aromatic rings. The van der Waals surface area contributed by atoms with Gasteiger partial charge in [-0.15, -0.1) is 0 Å². The predicted molar refractivity (Wildman–Crippen MR) is 72.4 cm³/mol. The molecule has 7 nitrogen and oxygen atoms in total. The quantitative estimate of drug-likeness (QED) is 0.625. The van der Waals surface area contributed by atoms with Gasteiger partial charge in [-0.1, -0.05) is 6.42 Å². The first-order valence-corrected chi connectivity index (χ1v) is 6.84. The molecule has 0 saturated heterocycles. The van der Waals surface area contributed by atoms with E-state index in [1.807, 2.05) is 0 Å². The van der Waals surface area contributed by atoms with Gasteiger partial charge in [-0.2, -0.15) is 0 Å². The molecule has 0 bridgehead atoms. The molecule has 2 amide bonds. The first-order valence-electron chi connectivity index (χ1n) is 6.84. The van der Waals surface area contributed by atoms with Gasteiger partial charge in [0.25, 0.3) is 0 Å². The van der Waals surface area contributed by atoms with E-state index in [-0.39, 0.29) is 25.2 Å². The number of ether oxygens (including phenoxy) is 1. The topological polar surface area (TPSA) is 99.1 Å². The molecule has 7 heteroatoms. The minimum atomic E-state index is -0.915. The van der Waals surface area contributed by atoms with E-state index in [1.165, 1.54) is 12.0 Å². The summed E-state index contributed by atoms with van der Waals surface area (Å²) < 4.78 is 4.92. The number of aliphatic carboxylic acids is 1. The van der Waals surface area contributed by atoms with E-state index in [4.69, 9.17) is 9.84 Å². The molecule has 0 aliphatic heterocycles. The van der Waals surface area contributed by atoms with Gasteiger partial charge >= 0.3 is 12.0 Å². The van der Waals surface area contributed by atoms with E-state index in [0.29, 0.717) is 26.0 Å². The van der Waals surface area contributed by atoms with Crippen molar-refractivity contribution in [3.05, 3.63) is 0 Å². The third-order valence-electron chi connectivity index (χ3n) is 3.97. The lowest BCUT2D eigenvalue weighted by molar-refractivity contribution is -0.148. The van der Waals surface area contributed by atoms with Crippen molar-refractivity contribution in [2.45, 2.75) is 32.2 Å². The molecule has 116 valence electrons. The number of carbonyl (C=O) groups excluding carboxylic acids is 1. The fraction of sp³-hybridized carbons (Fsp3) is 0.846. The van der Waals surface area contributed by atoms with Gasteiger partial charge in [0.15, 0.2) is 0 Å². The van der Waals surface area contributed by atoms with E-state index in [9.17, 15) is 14.7 Å². The fourth-order valence-corrected chi connectivity index (χ4v) is 2.53. The highest BCUT2D eigenvalue weighted by atomic mass is 16.5. The molecule has 1 fully saturated rings. The van der Waals surface area contributed by atoms with Crippen LogP contribution >= 0.6 is 0 Å². The zero-order valence-corrected chi connectivity index (χ0v) is 12.1. The Balaban J connectivity index is 2.64. The van der Waals surface area contributed by atoms with Gasteiger partial charge in [-0.3, -0.25) is 4.79 Å². The molecular formula is C13H24N2O5. The third kappa shape index (κ3) is 3.83. The van der Waals surface area contributed by atoms with Gasteiger partial charge in [0.2, 0.25) is 0 Å². The second kappa shape index (κ2) is 7.44. The van der Waals surface area contributed by atoms with Crippen LogP contribution in [0.15, 0.2) is 0 Å². The van der Waals surface area contributed by atoms with Crippen molar-refractivity contribution >= 4 is 12.0 Å². The van der Waals surface area contributed by atoms with Gasteiger partial charge in [0.1, 0.15) is 0 Å². The van der Waals surface area contributed by atoms with Crippen molar-refractivity contribution in [3.8, 4) is 0 Å². The second-order valence-corrected chi connectivity index (χ2v) is 5.32. The highest BCUT2D eigenvalue weighted by Crippen LogP contribution is 2.38. The third-order valence-corrected chi connectivity index (χ3v) is 3.97. The monoisotopic (exact) mass is 288 g/mol. The van der Waals surface area contributed by atoms with Crippen molar-refractivity contribution in [1.82, 2.24) is 10.2 Å². The van der Waals surface area contributed by atoms with Crippen molar-refractivity contribution < 1.29 is 24.5 Å². The number of urea groups is 1. The summed E-state index contributed by atoms with van der Waals surface area (Å²) in [6.07, 6.45) is 2.00. The molecule has 1 aliphatic rings. The first kappa shape index (κ1) is 16.7. The van der Waals surface area contributed by atoms with Gasteiger partial charge in [0, 0.05) is 26.2 Å². The number of carboxylic acids is 1. The van der Waals surface area contributed by atoms with Crippen molar-refractivity contribution in [2.75, 3.05) is 33.4 Å². The lowest BCUT2D eigenvalue weighted by Gasteiger charge is -2.30. The predicted octanol–water partition coefficient (Wildman–Crippen LogP) is 0.280. The number of methoxy groups -OCH3 is 1. The van der Waals surface area contributed by atoms with E-state index < -0.39 is 11.4 Å². The highest BCUT2D eigenvalue weighted by Gasteiger charge is 2.46. The number of aliphatic hydroxyl groups excluding tert-OH is 1. The Bertz CT molecular complexity index is 350. The standard InChI is InChI=1S/C13H24N2O5/c1-13(11(17)18)5-3-4-10(13)14-12(19)15(6-8-16)7-9-20-2/h10,16H,3-9H2,1-2H3,(H,14,19)(H,17,18). The normalized spacial score (nSPS) is 25.4. The maximum Gasteiger partial charge on any atom is 0.317 e. The van der Waals surface area contributed by atoms with Gasteiger partial charge in [-0.05, 0) is 19.8 Å². The summed E-state index contributed by atoms with van der Waals surface area (Å²) >= 11 is 0. The Morgan fingerprint density at radius 2 is 2.15 bits per heavy atom. The smallest absolute Gasteiger partial charge is 0.317 e. The minimum Gasteiger partial charge on any atom is -0.481 e. The van der Waals surface area contributed by atoms with Crippen LogP contribution in [0.4, 0.5) is 4.79 Å². The van der Waals surface area contributed by atoms with Gasteiger partial charge in [0.05, 0.1) is 18.6 Å². The van der Waals surface area contributed by atoms with E-state index in [2.05, 4.69) is 5.32 Å². The van der Waals surface area contributed by atoms with Crippen molar-refractivity contribution in [3.63, 3.8) is 0 Å². The molecule has 0 heterocycles. The SMILES string of the molecule is COCCN(CCO)C(=O)NC1CCCC1(C)C(=O)O. The van der Waals surface area contributed by atoms with Crippen LogP contribution in [0.5, 0.6) is 0 Å². The molecule has 0 radical (unpaired) electrons. The number of carboxylic acid groups (broad SMARTS) is 1. The maximum atomic E-state index is 12.2. The molecule has 20 heavy (non-hydrogen) atoms. The Morgan fingerprint density at radius 3 is 2.70 bits per heavy atom. The maximum absolute atomic E-state index is 12.2. The first-order chi connectivity index (χ1) is 9.45. The van der Waals surface area contributed by atoms with Crippen LogP contribution in [-0.4, -0.2) is 66.6 Å². The number of nitrogens with one attached hydrogen (secondary N) is 1. The number of amides is 2. The summed E-state index contributed by atoms with van der Waals surface area (Å²) in [5.41, 5.74) is -0.915. The summed E-state index contributed by atoms with van der Waals surface area (Å²) in [6, 6.07) is -0.730. The minimum absolute atomic E-state index is 0.141. The molecule has 1 rings (SSSR count). The van der Waals surface area contributed by atoms with Gasteiger partial charge in [-0.25, -0.2) is 4.79 Å². The number of aliphatic hydroxyl groups is 1. The molecular weight excluding hydrogens is 264 g/mol. The van der Waals surface area contributed by atoms with E-state index in [0.717, 1.165) is 6.42 Å². The van der Waals surface area contributed by atoms with Gasteiger partial charge < -0.3 is 25.2 Å². The second-order valence-electron chi connectivity index (χ2n) is 5.32. The summed E-state index contributed by atoms with van der Waals surface area (Å²) in [5.74, 6) is -0.883. The zero-order valence-electron chi connectivity index (χ0n) is 12.1. The van der Waals surface area contributed by atoms with Crippen LogP contribution in [0.25, 0.3) is 0 Å².